The molecule has 4 heteroatoms. The molecule has 0 saturated carbocycles. The standard InChI is InChI=1S/C17H19ClN2O/c1-11-8-12(18)6-7-14(11)15-4-3-5-16-17(15)21-13(9-19)10-20(16)2/h3-8,13H,9-10,19H2,1-2H3/t13-/m0/s1. The lowest BCUT2D eigenvalue weighted by molar-refractivity contribution is 0.205. The first-order valence-corrected chi connectivity index (χ1v) is 7.45. The van der Waals surface area contributed by atoms with Crippen LogP contribution in [0.25, 0.3) is 11.1 Å². The molecule has 0 aliphatic carbocycles. The molecule has 2 N–H and O–H groups in total. The molecular weight excluding hydrogens is 284 g/mol. The van der Waals surface area contributed by atoms with E-state index in [0.717, 1.165) is 39.7 Å². The lowest BCUT2D eigenvalue weighted by Crippen LogP contribution is -2.42. The highest BCUT2D eigenvalue weighted by molar-refractivity contribution is 6.30. The quantitative estimate of drug-likeness (QED) is 0.923. The minimum absolute atomic E-state index is 0.0243. The van der Waals surface area contributed by atoms with Gasteiger partial charge >= 0.3 is 0 Å². The molecule has 0 aromatic heterocycles. The number of rotatable bonds is 2. The Kier molecular flexibility index (Phi) is 3.79. The third-order valence-corrected chi connectivity index (χ3v) is 4.14. The van der Waals surface area contributed by atoms with E-state index in [1.165, 1.54) is 0 Å². The molecule has 1 aliphatic rings. The average Bonchev–Trinajstić information content (AvgIpc) is 2.47. The van der Waals surface area contributed by atoms with Gasteiger partial charge in [-0.25, -0.2) is 0 Å². The van der Waals surface area contributed by atoms with Gasteiger partial charge in [-0.2, -0.15) is 0 Å². The van der Waals surface area contributed by atoms with Crippen LogP contribution in [0.4, 0.5) is 5.69 Å². The van der Waals surface area contributed by atoms with E-state index < -0.39 is 0 Å². The molecule has 3 nitrogen and oxygen atoms in total. The first-order chi connectivity index (χ1) is 10.1. The van der Waals surface area contributed by atoms with E-state index in [0.29, 0.717) is 6.54 Å². The number of anilines is 1. The van der Waals surface area contributed by atoms with E-state index in [-0.39, 0.29) is 6.10 Å². The Labute approximate surface area is 130 Å². The van der Waals surface area contributed by atoms with Crippen LogP contribution in [0, 0.1) is 6.92 Å². The van der Waals surface area contributed by atoms with Gasteiger partial charge in [0, 0.05) is 24.2 Å². The minimum Gasteiger partial charge on any atom is -0.484 e. The predicted octanol–water partition coefficient (Wildman–Crippen LogP) is 3.47. The van der Waals surface area contributed by atoms with Crippen molar-refractivity contribution in [1.29, 1.82) is 0 Å². The Morgan fingerprint density at radius 3 is 2.81 bits per heavy atom. The van der Waals surface area contributed by atoms with Crippen molar-refractivity contribution in [2.24, 2.45) is 5.73 Å². The van der Waals surface area contributed by atoms with Crippen molar-refractivity contribution in [2.45, 2.75) is 13.0 Å². The maximum absolute atomic E-state index is 6.12. The third-order valence-electron chi connectivity index (χ3n) is 3.91. The monoisotopic (exact) mass is 302 g/mol. The summed E-state index contributed by atoms with van der Waals surface area (Å²) in [5.41, 5.74) is 10.3. The van der Waals surface area contributed by atoms with Crippen LogP contribution in [0.3, 0.4) is 0 Å². The molecule has 2 aromatic rings. The molecule has 0 radical (unpaired) electrons. The zero-order valence-corrected chi connectivity index (χ0v) is 13.0. The topological polar surface area (TPSA) is 38.5 Å². The van der Waals surface area contributed by atoms with Crippen LogP contribution in [0.1, 0.15) is 5.56 Å². The summed E-state index contributed by atoms with van der Waals surface area (Å²) >= 11 is 6.06. The first-order valence-electron chi connectivity index (χ1n) is 7.07. The molecule has 3 rings (SSSR count). The zero-order chi connectivity index (χ0) is 15.0. The second-order valence-corrected chi connectivity index (χ2v) is 5.91. The Balaban J connectivity index is 2.14. The highest BCUT2D eigenvalue weighted by atomic mass is 35.5. The second kappa shape index (κ2) is 5.58. The minimum atomic E-state index is 0.0243. The number of likely N-dealkylation sites (N-methyl/N-ethyl adjacent to an activating group) is 1. The molecule has 110 valence electrons. The number of nitrogens with two attached hydrogens (primary N) is 1. The summed E-state index contributed by atoms with van der Waals surface area (Å²) in [6.45, 7) is 3.39. The van der Waals surface area contributed by atoms with E-state index in [9.17, 15) is 0 Å². The van der Waals surface area contributed by atoms with Crippen LogP contribution in [-0.2, 0) is 0 Å². The van der Waals surface area contributed by atoms with Crippen molar-refractivity contribution in [3.05, 3.63) is 47.0 Å². The first kappa shape index (κ1) is 14.2. The summed E-state index contributed by atoms with van der Waals surface area (Å²) < 4.78 is 6.12. The summed E-state index contributed by atoms with van der Waals surface area (Å²) in [7, 11) is 2.07. The number of para-hydroxylation sites is 1. The summed E-state index contributed by atoms with van der Waals surface area (Å²) in [4.78, 5) is 2.20. The molecule has 0 spiro atoms. The average molecular weight is 303 g/mol. The van der Waals surface area contributed by atoms with E-state index in [1.54, 1.807) is 0 Å². The molecule has 21 heavy (non-hydrogen) atoms. The van der Waals surface area contributed by atoms with Gasteiger partial charge < -0.3 is 15.4 Å². The number of hydrogen-bond donors (Lipinski definition) is 1. The smallest absolute Gasteiger partial charge is 0.151 e. The Bertz CT molecular complexity index is 672. The molecule has 0 amide bonds. The van der Waals surface area contributed by atoms with Crippen LogP contribution < -0.4 is 15.4 Å². The molecule has 2 aromatic carbocycles. The van der Waals surface area contributed by atoms with Crippen molar-refractivity contribution >= 4 is 17.3 Å². The van der Waals surface area contributed by atoms with E-state index >= 15 is 0 Å². The van der Waals surface area contributed by atoms with E-state index in [4.69, 9.17) is 22.1 Å². The highest BCUT2D eigenvalue weighted by Gasteiger charge is 2.25. The Hall–Kier alpha value is -1.71. The number of nitrogens with zero attached hydrogens (tertiary/aromatic N) is 1. The van der Waals surface area contributed by atoms with Gasteiger partial charge in [0.05, 0.1) is 12.2 Å². The second-order valence-electron chi connectivity index (χ2n) is 5.47. The highest BCUT2D eigenvalue weighted by Crippen LogP contribution is 2.42. The van der Waals surface area contributed by atoms with E-state index in [2.05, 4.69) is 37.1 Å². The van der Waals surface area contributed by atoms with Crippen molar-refractivity contribution < 1.29 is 4.74 Å². The fraction of sp³-hybridized carbons (Fsp3) is 0.294. The number of hydrogen-bond acceptors (Lipinski definition) is 3. The molecule has 0 fully saturated rings. The van der Waals surface area contributed by atoms with Gasteiger partial charge in [-0.3, -0.25) is 0 Å². The fourth-order valence-corrected chi connectivity index (χ4v) is 3.05. The van der Waals surface area contributed by atoms with Gasteiger partial charge in [-0.05, 0) is 36.2 Å². The van der Waals surface area contributed by atoms with Gasteiger partial charge in [-0.15, -0.1) is 0 Å². The molecule has 1 atom stereocenters. The normalized spacial score (nSPS) is 17.3. The van der Waals surface area contributed by atoms with Crippen LogP contribution in [0.5, 0.6) is 5.75 Å². The summed E-state index contributed by atoms with van der Waals surface area (Å²) in [5.74, 6) is 0.909. The molecule has 0 bridgehead atoms. The molecular formula is C17H19ClN2O. The van der Waals surface area contributed by atoms with Gasteiger partial charge in [0.2, 0.25) is 0 Å². The van der Waals surface area contributed by atoms with Crippen LogP contribution in [-0.4, -0.2) is 26.2 Å². The molecule has 0 saturated heterocycles. The maximum Gasteiger partial charge on any atom is 0.151 e. The van der Waals surface area contributed by atoms with Gasteiger partial charge in [-0.1, -0.05) is 29.8 Å². The predicted molar refractivity (Wildman–Crippen MR) is 88.4 cm³/mol. The zero-order valence-electron chi connectivity index (χ0n) is 12.3. The number of ether oxygens (including phenoxy) is 1. The maximum atomic E-state index is 6.12. The molecule has 1 aliphatic heterocycles. The van der Waals surface area contributed by atoms with Crippen molar-refractivity contribution in [3.63, 3.8) is 0 Å². The largest absolute Gasteiger partial charge is 0.484 e. The van der Waals surface area contributed by atoms with Crippen molar-refractivity contribution in [2.75, 3.05) is 25.0 Å². The van der Waals surface area contributed by atoms with Crippen LogP contribution >= 0.6 is 11.6 Å². The summed E-state index contributed by atoms with van der Waals surface area (Å²) in [6.07, 6.45) is 0.0243. The van der Waals surface area contributed by atoms with Gasteiger partial charge in [0.1, 0.15) is 6.10 Å². The number of halogens is 1. The number of fused-ring (bicyclic) bond motifs is 1. The lowest BCUT2D eigenvalue weighted by atomic mass is 9.98. The van der Waals surface area contributed by atoms with Gasteiger partial charge in [0.25, 0.3) is 0 Å². The fourth-order valence-electron chi connectivity index (χ4n) is 2.82. The Morgan fingerprint density at radius 2 is 2.10 bits per heavy atom. The van der Waals surface area contributed by atoms with Crippen molar-refractivity contribution in [1.82, 2.24) is 0 Å². The van der Waals surface area contributed by atoms with Crippen molar-refractivity contribution in [3.8, 4) is 16.9 Å². The van der Waals surface area contributed by atoms with Crippen LogP contribution in [0.2, 0.25) is 5.02 Å². The number of benzene rings is 2. The SMILES string of the molecule is Cc1cc(Cl)ccc1-c1cccc2c1O[C@@H](CN)CN2C. The third kappa shape index (κ3) is 2.59. The molecule has 0 unspecified atom stereocenters. The summed E-state index contributed by atoms with van der Waals surface area (Å²) in [5, 5.41) is 0.749. The van der Waals surface area contributed by atoms with Gasteiger partial charge in [0.15, 0.2) is 5.75 Å². The van der Waals surface area contributed by atoms with Crippen LogP contribution in [0.15, 0.2) is 36.4 Å². The lowest BCUT2D eigenvalue weighted by Gasteiger charge is -2.34. The summed E-state index contributed by atoms with van der Waals surface area (Å²) in [6, 6.07) is 12.2. The number of aryl methyl sites for hydroxylation is 1. The van der Waals surface area contributed by atoms with E-state index in [1.807, 2.05) is 18.2 Å². The Morgan fingerprint density at radius 1 is 1.29 bits per heavy atom. The molecule has 1 heterocycles.